The van der Waals surface area contributed by atoms with Crippen molar-refractivity contribution in [1.82, 2.24) is 5.32 Å². The number of aliphatic carboxylic acids is 1. The first-order chi connectivity index (χ1) is 9.02. The predicted molar refractivity (Wildman–Crippen MR) is 75.6 cm³/mol. The van der Waals surface area contributed by atoms with Crippen LogP contribution in [-0.2, 0) is 11.2 Å². The minimum absolute atomic E-state index is 0.143. The van der Waals surface area contributed by atoms with Crippen molar-refractivity contribution in [2.75, 3.05) is 6.61 Å². The van der Waals surface area contributed by atoms with E-state index in [1.54, 1.807) is 0 Å². The Bertz CT molecular complexity index is 387. The summed E-state index contributed by atoms with van der Waals surface area (Å²) >= 11 is 0. The van der Waals surface area contributed by atoms with Crippen molar-refractivity contribution in [3.63, 3.8) is 0 Å². The fraction of sp³-hybridized carbons (Fsp3) is 0.533. The molecule has 0 amide bonds. The molecular formula is C15H23NO3. The molecule has 0 spiro atoms. The van der Waals surface area contributed by atoms with Crippen molar-refractivity contribution < 1.29 is 14.6 Å². The van der Waals surface area contributed by atoms with E-state index in [0.717, 1.165) is 12.2 Å². The molecule has 1 rings (SSSR count). The molecule has 1 aromatic carbocycles. The van der Waals surface area contributed by atoms with Gasteiger partial charge in [-0.15, -0.1) is 0 Å². The summed E-state index contributed by atoms with van der Waals surface area (Å²) in [5, 5.41) is 12.1. The first-order valence-corrected chi connectivity index (χ1v) is 6.73. The highest BCUT2D eigenvalue weighted by Gasteiger charge is 2.17. The number of hydrogen-bond donors (Lipinski definition) is 2. The van der Waals surface area contributed by atoms with Gasteiger partial charge in [0.1, 0.15) is 11.8 Å². The maximum Gasteiger partial charge on any atom is 0.320 e. The van der Waals surface area contributed by atoms with Gasteiger partial charge in [-0.1, -0.05) is 32.9 Å². The third kappa shape index (κ3) is 5.75. The number of ether oxygens (including phenoxy) is 1. The summed E-state index contributed by atoms with van der Waals surface area (Å²) in [6.07, 6.45) is 1.45. The molecule has 1 unspecified atom stereocenters. The van der Waals surface area contributed by atoms with Crippen LogP contribution in [0.5, 0.6) is 5.75 Å². The van der Waals surface area contributed by atoms with Crippen LogP contribution >= 0.6 is 0 Å². The van der Waals surface area contributed by atoms with Gasteiger partial charge in [-0.25, -0.2) is 0 Å². The summed E-state index contributed by atoms with van der Waals surface area (Å²) in [7, 11) is 0. The van der Waals surface area contributed by atoms with E-state index in [2.05, 4.69) is 12.2 Å². The van der Waals surface area contributed by atoms with Gasteiger partial charge in [-0.2, -0.15) is 0 Å². The van der Waals surface area contributed by atoms with E-state index in [4.69, 9.17) is 9.84 Å². The number of carboxylic acids is 1. The van der Waals surface area contributed by atoms with Gasteiger partial charge in [-0.05, 0) is 24.1 Å². The maximum atomic E-state index is 11.0. The average Bonchev–Trinajstić information content (AvgIpc) is 2.37. The van der Waals surface area contributed by atoms with Gasteiger partial charge in [0.25, 0.3) is 0 Å². The first kappa shape index (κ1) is 15.5. The molecule has 0 aliphatic rings. The molecule has 4 nitrogen and oxygen atoms in total. The molecule has 0 saturated carbocycles. The summed E-state index contributed by atoms with van der Waals surface area (Å²) in [5.74, 6) is -0.0514. The van der Waals surface area contributed by atoms with Gasteiger partial charge in [-0.3, -0.25) is 4.79 Å². The molecule has 0 heterocycles. The fourth-order valence-electron chi connectivity index (χ4n) is 1.80. The number of nitrogens with one attached hydrogen (secondary N) is 1. The number of hydrogen-bond acceptors (Lipinski definition) is 3. The van der Waals surface area contributed by atoms with E-state index in [1.807, 2.05) is 38.1 Å². The fourth-order valence-corrected chi connectivity index (χ4v) is 1.80. The second kappa shape index (κ2) is 7.79. The van der Waals surface area contributed by atoms with Gasteiger partial charge in [0.05, 0.1) is 6.61 Å². The maximum absolute atomic E-state index is 11.0. The molecular weight excluding hydrogens is 242 g/mol. The van der Waals surface area contributed by atoms with Crippen LogP contribution in [0.4, 0.5) is 0 Å². The molecule has 1 atom stereocenters. The quantitative estimate of drug-likeness (QED) is 0.758. The van der Waals surface area contributed by atoms with Crippen LogP contribution in [0.1, 0.15) is 32.8 Å². The lowest BCUT2D eigenvalue weighted by Gasteiger charge is -2.17. The largest absolute Gasteiger partial charge is 0.494 e. The molecule has 106 valence electrons. The minimum Gasteiger partial charge on any atom is -0.494 e. The van der Waals surface area contributed by atoms with Crippen molar-refractivity contribution in [3.8, 4) is 5.75 Å². The van der Waals surface area contributed by atoms with Crippen molar-refractivity contribution in [2.45, 2.75) is 45.7 Å². The molecule has 0 bridgehead atoms. The Morgan fingerprint density at radius 3 is 2.42 bits per heavy atom. The number of carboxylic acid groups (broad SMARTS) is 1. The topological polar surface area (TPSA) is 58.6 Å². The zero-order valence-corrected chi connectivity index (χ0v) is 11.8. The third-order valence-corrected chi connectivity index (χ3v) is 2.84. The second-order valence-electron chi connectivity index (χ2n) is 4.85. The molecule has 0 fully saturated rings. The Hall–Kier alpha value is -1.55. The van der Waals surface area contributed by atoms with Crippen molar-refractivity contribution in [2.24, 2.45) is 0 Å². The van der Waals surface area contributed by atoms with E-state index in [9.17, 15) is 4.79 Å². The number of carbonyl (C=O) groups is 1. The normalized spacial score (nSPS) is 12.4. The van der Waals surface area contributed by atoms with Crippen LogP contribution in [0.25, 0.3) is 0 Å². The second-order valence-corrected chi connectivity index (χ2v) is 4.85. The summed E-state index contributed by atoms with van der Waals surface area (Å²) < 4.78 is 5.56. The molecule has 0 aromatic heterocycles. The van der Waals surface area contributed by atoms with Crippen molar-refractivity contribution >= 4 is 5.97 Å². The van der Waals surface area contributed by atoms with E-state index >= 15 is 0 Å². The molecule has 19 heavy (non-hydrogen) atoms. The summed E-state index contributed by atoms with van der Waals surface area (Å²) in [4.78, 5) is 11.0. The van der Waals surface area contributed by atoms with E-state index in [-0.39, 0.29) is 6.04 Å². The summed E-state index contributed by atoms with van der Waals surface area (Å²) in [6.45, 7) is 6.35. The molecule has 2 N–H and O–H groups in total. The van der Waals surface area contributed by atoms with Crippen LogP contribution < -0.4 is 10.1 Å². The number of rotatable bonds is 8. The molecule has 0 radical (unpaired) electrons. The van der Waals surface area contributed by atoms with Crippen LogP contribution in [0.15, 0.2) is 24.3 Å². The molecule has 4 heteroatoms. The van der Waals surface area contributed by atoms with Crippen LogP contribution in [-0.4, -0.2) is 29.8 Å². The van der Waals surface area contributed by atoms with Crippen molar-refractivity contribution in [3.05, 3.63) is 29.8 Å². The average molecular weight is 265 g/mol. The van der Waals surface area contributed by atoms with Gasteiger partial charge in [0, 0.05) is 12.5 Å². The van der Waals surface area contributed by atoms with E-state index < -0.39 is 12.0 Å². The van der Waals surface area contributed by atoms with Crippen LogP contribution in [0, 0.1) is 0 Å². The lowest BCUT2D eigenvalue weighted by atomic mass is 10.2. The Labute approximate surface area is 114 Å². The van der Waals surface area contributed by atoms with E-state index in [1.165, 1.54) is 5.56 Å². The van der Waals surface area contributed by atoms with Crippen LogP contribution in [0.2, 0.25) is 0 Å². The standard InChI is InChI=1S/C15H23NO3/c1-4-12-5-7-13(8-6-12)19-10-9-14(15(17)18)16-11(2)3/h5-8,11,14,16H,4,9-10H2,1-3H3,(H,17,18). The molecule has 0 saturated heterocycles. The van der Waals surface area contributed by atoms with Gasteiger partial charge < -0.3 is 15.2 Å². The van der Waals surface area contributed by atoms with Gasteiger partial charge in [0.2, 0.25) is 0 Å². The zero-order valence-electron chi connectivity index (χ0n) is 11.8. The third-order valence-electron chi connectivity index (χ3n) is 2.84. The number of benzene rings is 1. The highest BCUT2D eigenvalue weighted by Crippen LogP contribution is 2.13. The summed E-state index contributed by atoms with van der Waals surface area (Å²) in [6, 6.07) is 7.47. The van der Waals surface area contributed by atoms with Gasteiger partial charge in [0.15, 0.2) is 0 Å². The van der Waals surface area contributed by atoms with Gasteiger partial charge >= 0.3 is 5.97 Å². The minimum atomic E-state index is -0.835. The Kier molecular flexibility index (Phi) is 6.36. The smallest absolute Gasteiger partial charge is 0.320 e. The zero-order chi connectivity index (χ0) is 14.3. The summed E-state index contributed by atoms with van der Waals surface area (Å²) in [5.41, 5.74) is 1.26. The highest BCUT2D eigenvalue weighted by atomic mass is 16.5. The monoisotopic (exact) mass is 265 g/mol. The Morgan fingerprint density at radius 2 is 1.95 bits per heavy atom. The SMILES string of the molecule is CCc1ccc(OCCC(NC(C)C)C(=O)O)cc1. The number of aryl methyl sites for hydroxylation is 1. The lowest BCUT2D eigenvalue weighted by Crippen LogP contribution is -2.41. The Balaban J connectivity index is 2.40. The lowest BCUT2D eigenvalue weighted by molar-refractivity contribution is -0.140. The Morgan fingerprint density at radius 1 is 1.32 bits per heavy atom. The molecule has 1 aromatic rings. The van der Waals surface area contributed by atoms with E-state index in [0.29, 0.717) is 13.0 Å². The van der Waals surface area contributed by atoms with Crippen LogP contribution in [0.3, 0.4) is 0 Å². The first-order valence-electron chi connectivity index (χ1n) is 6.73. The van der Waals surface area contributed by atoms with Crippen molar-refractivity contribution in [1.29, 1.82) is 0 Å². The predicted octanol–water partition coefficient (Wildman–Crippen LogP) is 2.47. The highest BCUT2D eigenvalue weighted by molar-refractivity contribution is 5.73. The molecule has 0 aliphatic carbocycles. The molecule has 0 aliphatic heterocycles.